The molecule has 0 aromatic carbocycles. The largest absolute Gasteiger partial charge is 0.480 e. The molecule has 1 aromatic heterocycles. The predicted molar refractivity (Wildman–Crippen MR) is 64.5 cm³/mol. The zero-order valence-corrected chi connectivity index (χ0v) is 10.5. The summed E-state index contributed by atoms with van der Waals surface area (Å²) < 4.78 is 0. The topological polar surface area (TPSA) is 50.2 Å². The van der Waals surface area contributed by atoms with Crippen molar-refractivity contribution in [3.8, 4) is 0 Å². The van der Waals surface area contributed by atoms with Gasteiger partial charge in [-0.2, -0.15) is 0 Å². The van der Waals surface area contributed by atoms with E-state index in [0.29, 0.717) is 12.2 Å². The van der Waals surface area contributed by atoms with Crippen LogP contribution < -0.4 is 0 Å². The van der Waals surface area contributed by atoms with Gasteiger partial charge in [0.05, 0.1) is 10.7 Å². The van der Waals surface area contributed by atoms with Crippen LogP contribution in [0.25, 0.3) is 0 Å². The third-order valence-corrected chi connectivity index (χ3v) is 4.42. The van der Waals surface area contributed by atoms with Gasteiger partial charge in [0.25, 0.3) is 0 Å². The molecule has 0 amide bonds. The van der Waals surface area contributed by atoms with Gasteiger partial charge in [0.2, 0.25) is 0 Å². The lowest BCUT2D eigenvalue weighted by Gasteiger charge is -2.07. The summed E-state index contributed by atoms with van der Waals surface area (Å²) in [6.45, 7) is 3.96. The van der Waals surface area contributed by atoms with Crippen LogP contribution in [0.15, 0.2) is 5.38 Å². The molecule has 1 atom stereocenters. The number of aryl methyl sites for hydroxylation is 1. The minimum atomic E-state index is -0.728. The van der Waals surface area contributed by atoms with E-state index < -0.39 is 5.97 Å². The number of thiazole rings is 1. The number of carboxylic acid groups (broad SMARTS) is 1. The van der Waals surface area contributed by atoms with Gasteiger partial charge in [0, 0.05) is 11.1 Å². The first kappa shape index (κ1) is 12.5. The highest BCUT2D eigenvalue weighted by atomic mass is 32.2. The van der Waals surface area contributed by atoms with Crippen LogP contribution in [0, 0.1) is 0 Å². The van der Waals surface area contributed by atoms with Crippen LogP contribution >= 0.6 is 23.1 Å². The molecule has 0 radical (unpaired) electrons. The molecule has 0 bridgehead atoms. The number of aliphatic carboxylic acids is 1. The van der Waals surface area contributed by atoms with E-state index in [9.17, 15) is 4.79 Å². The molecule has 1 rings (SSSR count). The number of nitrogens with zero attached hydrogens (tertiary/aromatic N) is 1. The van der Waals surface area contributed by atoms with E-state index in [1.807, 2.05) is 12.3 Å². The predicted octanol–water partition coefficient (Wildman–Crippen LogP) is 2.80. The van der Waals surface area contributed by atoms with Crippen LogP contribution in [-0.2, 0) is 17.0 Å². The second kappa shape index (κ2) is 6.12. The fourth-order valence-electron chi connectivity index (χ4n) is 1.13. The summed E-state index contributed by atoms with van der Waals surface area (Å²) in [5.41, 5.74) is 1.00. The second-order valence-corrected chi connectivity index (χ2v) is 5.27. The third kappa shape index (κ3) is 3.83. The Balaban J connectivity index is 2.45. The Bertz CT molecular complexity index is 325. The number of hydrogen-bond acceptors (Lipinski definition) is 4. The Morgan fingerprint density at radius 2 is 2.40 bits per heavy atom. The molecule has 0 aliphatic rings. The van der Waals surface area contributed by atoms with E-state index in [-0.39, 0.29) is 5.25 Å². The van der Waals surface area contributed by atoms with Crippen LogP contribution in [0.1, 0.15) is 31.0 Å². The smallest absolute Gasteiger partial charge is 0.316 e. The highest BCUT2D eigenvalue weighted by Crippen LogP contribution is 2.21. The Labute approximate surface area is 97.9 Å². The summed E-state index contributed by atoms with van der Waals surface area (Å²) in [7, 11) is 0. The molecule has 84 valence electrons. The quantitative estimate of drug-likeness (QED) is 0.837. The first-order valence-electron chi connectivity index (χ1n) is 4.95. The SMILES string of the molecule is CCc1nc(CSC(CC)C(=O)O)cs1. The van der Waals surface area contributed by atoms with Gasteiger partial charge < -0.3 is 5.11 Å². The zero-order chi connectivity index (χ0) is 11.3. The number of rotatable bonds is 6. The van der Waals surface area contributed by atoms with Crippen molar-refractivity contribution < 1.29 is 9.90 Å². The van der Waals surface area contributed by atoms with Gasteiger partial charge >= 0.3 is 5.97 Å². The molecule has 0 spiro atoms. The Hall–Kier alpha value is -0.550. The number of aromatic nitrogens is 1. The van der Waals surface area contributed by atoms with Gasteiger partial charge in [-0.05, 0) is 12.8 Å². The van der Waals surface area contributed by atoms with Gasteiger partial charge in [-0.3, -0.25) is 4.79 Å². The summed E-state index contributed by atoms with van der Waals surface area (Å²) in [5, 5.41) is 11.7. The summed E-state index contributed by atoms with van der Waals surface area (Å²) >= 11 is 3.10. The van der Waals surface area contributed by atoms with Crippen LogP contribution in [0.3, 0.4) is 0 Å². The van der Waals surface area contributed by atoms with Crippen molar-refractivity contribution in [3.63, 3.8) is 0 Å². The lowest BCUT2D eigenvalue weighted by Crippen LogP contribution is -2.15. The summed E-state index contributed by atoms with van der Waals surface area (Å²) in [6, 6.07) is 0. The monoisotopic (exact) mass is 245 g/mol. The van der Waals surface area contributed by atoms with Gasteiger partial charge in [0.1, 0.15) is 5.25 Å². The van der Waals surface area contributed by atoms with Crippen molar-refractivity contribution in [2.75, 3.05) is 0 Å². The summed E-state index contributed by atoms with van der Waals surface area (Å²) in [4.78, 5) is 15.2. The maximum Gasteiger partial charge on any atom is 0.316 e. The van der Waals surface area contributed by atoms with Gasteiger partial charge in [0.15, 0.2) is 0 Å². The number of carboxylic acids is 1. The Morgan fingerprint density at radius 3 is 2.87 bits per heavy atom. The lowest BCUT2D eigenvalue weighted by molar-refractivity contribution is -0.136. The van der Waals surface area contributed by atoms with E-state index in [1.54, 1.807) is 11.3 Å². The van der Waals surface area contributed by atoms with Gasteiger partial charge in [-0.25, -0.2) is 4.98 Å². The average Bonchev–Trinajstić information content (AvgIpc) is 2.66. The lowest BCUT2D eigenvalue weighted by atomic mass is 10.3. The first-order chi connectivity index (χ1) is 7.17. The maximum atomic E-state index is 10.8. The van der Waals surface area contributed by atoms with Crippen LogP contribution in [0.2, 0.25) is 0 Å². The second-order valence-electron chi connectivity index (χ2n) is 3.13. The molecule has 3 nitrogen and oxygen atoms in total. The first-order valence-corrected chi connectivity index (χ1v) is 6.87. The molecule has 1 heterocycles. The van der Waals surface area contributed by atoms with Crippen molar-refractivity contribution in [1.82, 2.24) is 4.98 Å². The van der Waals surface area contributed by atoms with Crippen molar-refractivity contribution in [1.29, 1.82) is 0 Å². The van der Waals surface area contributed by atoms with Crippen LogP contribution in [0.4, 0.5) is 0 Å². The average molecular weight is 245 g/mol. The number of hydrogen-bond donors (Lipinski definition) is 1. The number of carbonyl (C=O) groups is 1. The zero-order valence-electron chi connectivity index (χ0n) is 8.90. The minimum Gasteiger partial charge on any atom is -0.480 e. The van der Waals surface area contributed by atoms with Crippen molar-refractivity contribution in [2.45, 2.75) is 37.7 Å². The van der Waals surface area contributed by atoms with Crippen LogP contribution in [-0.4, -0.2) is 21.3 Å². The molecule has 0 fully saturated rings. The van der Waals surface area contributed by atoms with Crippen molar-refractivity contribution in [3.05, 3.63) is 16.1 Å². The van der Waals surface area contributed by atoms with Gasteiger partial charge in [-0.1, -0.05) is 13.8 Å². The Morgan fingerprint density at radius 1 is 1.67 bits per heavy atom. The Kier molecular flexibility index (Phi) is 5.11. The molecule has 1 N–H and O–H groups in total. The van der Waals surface area contributed by atoms with E-state index in [0.717, 1.165) is 17.1 Å². The van der Waals surface area contributed by atoms with Crippen LogP contribution in [0.5, 0.6) is 0 Å². The van der Waals surface area contributed by atoms with E-state index in [4.69, 9.17) is 5.11 Å². The fourth-order valence-corrected chi connectivity index (χ4v) is 2.88. The highest BCUT2D eigenvalue weighted by Gasteiger charge is 2.15. The normalized spacial score (nSPS) is 12.7. The highest BCUT2D eigenvalue weighted by molar-refractivity contribution is 7.99. The van der Waals surface area contributed by atoms with E-state index in [1.165, 1.54) is 11.8 Å². The minimum absolute atomic E-state index is 0.309. The summed E-state index contributed by atoms with van der Waals surface area (Å²) in [5.74, 6) is -0.0326. The van der Waals surface area contributed by atoms with E-state index >= 15 is 0 Å². The molecule has 0 aliphatic carbocycles. The van der Waals surface area contributed by atoms with Crippen molar-refractivity contribution in [2.24, 2.45) is 0 Å². The third-order valence-electron chi connectivity index (χ3n) is 1.98. The molecule has 1 aromatic rings. The van der Waals surface area contributed by atoms with Crippen molar-refractivity contribution >= 4 is 29.1 Å². The molecular weight excluding hydrogens is 230 g/mol. The fraction of sp³-hybridized carbons (Fsp3) is 0.600. The molecular formula is C10H15NO2S2. The number of thioether (sulfide) groups is 1. The molecule has 1 unspecified atom stereocenters. The molecule has 0 saturated heterocycles. The molecule has 15 heavy (non-hydrogen) atoms. The standard InChI is InChI=1S/C10H15NO2S2/c1-3-8(10(12)13)14-5-7-6-15-9(4-2)11-7/h6,8H,3-5H2,1-2H3,(H,12,13). The summed E-state index contributed by atoms with van der Waals surface area (Å²) in [6.07, 6.45) is 1.61. The van der Waals surface area contributed by atoms with Gasteiger partial charge in [-0.15, -0.1) is 23.1 Å². The van der Waals surface area contributed by atoms with E-state index in [2.05, 4.69) is 11.9 Å². The maximum absolute atomic E-state index is 10.8. The molecule has 0 saturated carbocycles. The molecule has 5 heteroatoms. The molecule has 0 aliphatic heterocycles.